The number of carbonyl (C=O) groups excluding carboxylic acids is 1. The van der Waals surface area contributed by atoms with Gasteiger partial charge in [-0.05, 0) is 72.1 Å². The minimum absolute atomic E-state index is 0.152. The average molecular weight is 468 g/mol. The number of likely N-dealkylation sites (N-methyl/N-ethyl adjacent to an activating group) is 1. The zero-order chi connectivity index (χ0) is 18.9. The molecule has 0 aliphatic carbocycles. The van der Waals surface area contributed by atoms with Crippen molar-refractivity contribution in [3.05, 3.63) is 51.6 Å². The van der Waals surface area contributed by atoms with Crippen LogP contribution in [0.2, 0.25) is 0 Å². The van der Waals surface area contributed by atoms with Gasteiger partial charge in [0.05, 0.1) is 7.11 Å². The van der Waals surface area contributed by atoms with Crippen LogP contribution in [-0.2, 0) is 0 Å². The van der Waals surface area contributed by atoms with Crippen molar-refractivity contribution in [3.63, 3.8) is 0 Å². The van der Waals surface area contributed by atoms with Crippen LogP contribution in [0.4, 0.5) is 5.69 Å². The Hall–Kier alpha value is -1.80. The Labute approximate surface area is 168 Å². The van der Waals surface area contributed by atoms with Crippen LogP contribution < -0.4 is 14.8 Å². The van der Waals surface area contributed by atoms with E-state index in [0.717, 1.165) is 23.2 Å². The Morgan fingerprint density at radius 1 is 1.08 bits per heavy atom. The van der Waals surface area contributed by atoms with E-state index in [2.05, 4.69) is 46.7 Å². The molecule has 0 saturated carbocycles. The summed E-state index contributed by atoms with van der Waals surface area (Å²) in [7, 11) is 1.61. The smallest absolute Gasteiger partial charge is 0.255 e. The summed E-state index contributed by atoms with van der Waals surface area (Å²) in [5.74, 6) is 1.12. The maximum atomic E-state index is 12.4. The normalized spacial score (nSPS) is 10.7. The number of anilines is 1. The van der Waals surface area contributed by atoms with E-state index >= 15 is 0 Å². The number of hydrogen-bond acceptors (Lipinski definition) is 4. The molecule has 0 spiro atoms. The Balaban J connectivity index is 2.05. The molecule has 2 aromatic carbocycles. The number of benzene rings is 2. The molecule has 0 aromatic heterocycles. The average Bonchev–Trinajstić information content (AvgIpc) is 2.66. The zero-order valence-electron chi connectivity index (χ0n) is 15.4. The fourth-order valence-corrected chi connectivity index (χ4v) is 2.86. The third-order valence-electron chi connectivity index (χ3n) is 4.09. The van der Waals surface area contributed by atoms with Crippen molar-refractivity contribution in [1.29, 1.82) is 0 Å². The minimum Gasteiger partial charge on any atom is -0.493 e. The molecule has 5 nitrogen and oxygen atoms in total. The minimum atomic E-state index is -0.152. The van der Waals surface area contributed by atoms with Gasteiger partial charge in [-0.1, -0.05) is 13.8 Å². The number of amides is 1. The molecule has 0 radical (unpaired) electrons. The van der Waals surface area contributed by atoms with E-state index in [1.54, 1.807) is 25.3 Å². The van der Waals surface area contributed by atoms with Crippen molar-refractivity contribution >= 4 is 34.2 Å². The first-order valence-electron chi connectivity index (χ1n) is 8.67. The Morgan fingerprint density at radius 3 is 2.38 bits per heavy atom. The molecule has 0 bridgehead atoms. The highest BCUT2D eigenvalue weighted by molar-refractivity contribution is 14.1. The summed E-state index contributed by atoms with van der Waals surface area (Å²) in [6.45, 7) is 7.64. The van der Waals surface area contributed by atoms with Crippen LogP contribution in [0, 0.1) is 3.57 Å². The first kappa shape index (κ1) is 20.5. The Kier molecular flexibility index (Phi) is 8.18. The van der Waals surface area contributed by atoms with Crippen LogP contribution in [0.3, 0.4) is 0 Å². The second-order valence-corrected chi connectivity index (χ2v) is 6.95. The summed E-state index contributed by atoms with van der Waals surface area (Å²) in [6.07, 6.45) is 0. The Morgan fingerprint density at radius 2 is 1.77 bits per heavy atom. The summed E-state index contributed by atoms with van der Waals surface area (Å²) in [5.41, 5.74) is 1.29. The van der Waals surface area contributed by atoms with Gasteiger partial charge in [-0.2, -0.15) is 0 Å². The molecule has 1 N–H and O–H groups in total. The summed E-state index contributed by atoms with van der Waals surface area (Å²) < 4.78 is 12.3. The van der Waals surface area contributed by atoms with Crippen molar-refractivity contribution in [2.45, 2.75) is 13.8 Å². The lowest BCUT2D eigenvalue weighted by molar-refractivity contribution is 0.102. The van der Waals surface area contributed by atoms with E-state index < -0.39 is 0 Å². The molecule has 140 valence electrons. The van der Waals surface area contributed by atoms with Crippen LogP contribution in [0.15, 0.2) is 42.5 Å². The predicted molar refractivity (Wildman–Crippen MR) is 113 cm³/mol. The van der Waals surface area contributed by atoms with Crippen molar-refractivity contribution in [1.82, 2.24) is 4.90 Å². The molecule has 0 aliphatic heterocycles. The van der Waals surface area contributed by atoms with Gasteiger partial charge < -0.3 is 19.7 Å². The third kappa shape index (κ3) is 5.88. The van der Waals surface area contributed by atoms with Gasteiger partial charge in [-0.25, -0.2) is 0 Å². The first-order valence-corrected chi connectivity index (χ1v) is 9.75. The molecule has 0 atom stereocenters. The molecule has 2 aromatic rings. The first-order chi connectivity index (χ1) is 12.6. The summed E-state index contributed by atoms with van der Waals surface area (Å²) in [6, 6.07) is 12.8. The fourth-order valence-electron chi connectivity index (χ4n) is 2.50. The molecule has 0 heterocycles. The summed E-state index contributed by atoms with van der Waals surface area (Å²) in [4.78, 5) is 14.7. The largest absolute Gasteiger partial charge is 0.493 e. The van der Waals surface area contributed by atoms with Crippen molar-refractivity contribution in [2.24, 2.45) is 0 Å². The highest BCUT2D eigenvalue weighted by Gasteiger charge is 2.10. The maximum Gasteiger partial charge on any atom is 0.255 e. The van der Waals surface area contributed by atoms with Crippen molar-refractivity contribution in [3.8, 4) is 11.5 Å². The molecule has 0 aliphatic rings. The number of nitrogens with one attached hydrogen (secondary N) is 1. The van der Waals surface area contributed by atoms with Crippen LogP contribution in [-0.4, -0.2) is 44.2 Å². The second-order valence-electron chi connectivity index (χ2n) is 5.70. The van der Waals surface area contributed by atoms with Crippen LogP contribution in [0.5, 0.6) is 11.5 Å². The monoisotopic (exact) mass is 468 g/mol. The number of nitrogens with zero attached hydrogens (tertiary/aromatic N) is 1. The lowest BCUT2D eigenvalue weighted by Crippen LogP contribution is -2.28. The SMILES string of the molecule is CCN(CC)CCOc1cc(NC(=O)c2ccc(I)cc2)ccc1OC. The van der Waals surface area contributed by atoms with E-state index in [1.165, 1.54) is 0 Å². The molecule has 2 rings (SSSR count). The maximum absolute atomic E-state index is 12.4. The molecule has 26 heavy (non-hydrogen) atoms. The second kappa shape index (κ2) is 10.4. The molecule has 0 saturated heterocycles. The predicted octanol–water partition coefficient (Wildman–Crippen LogP) is 4.27. The number of ether oxygens (including phenoxy) is 2. The number of carbonyl (C=O) groups is 1. The van der Waals surface area contributed by atoms with Gasteiger partial charge in [-0.15, -0.1) is 0 Å². The van der Waals surface area contributed by atoms with Crippen LogP contribution >= 0.6 is 22.6 Å². The van der Waals surface area contributed by atoms with Gasteiger partial charge in [0, 0.05) is 27.4 Å². The van der Waals surface area contributed by atoms with Gasteiger partial charge in [-0.3, -0.25) is 4.79 Å². The molecular weight excluding hydrogens is 443 g/mol. The van der Waals surface area contributed by atoms with E-state index in [0.29, 0.717) is 29.4 Å². The number of halogens is 1. The van der Waals surface area contributed by atoms with Gasteiger partial charge in [0.1, 0.15) is 6.61 Å². The van der Waals surface area contributed by atoms with Gasteiger partial charge in [0.25, 0.3) is 5.91 Å². The van der Waals surface area contributed by atoms with Crippen LogP contribution in [0.25, 0.3) is 0 Å². The summed E-state index contributed by atoms with van der Waals surface area (Å²) >= 11 is 2.21. The summed E-state index contributed by atoms with van der Waals surface area (Å²) in [5, 5.41) is 2.90. The van der Waals surface area contributed by atoms with Crippen molar-refractivity contribution < 1.29 is 14.3 Å². The lowest BCUT2D eigenvalue weighted by Gasteiger charge is -2.19. The van der Waals surface area contributed by atoms with Crippen LogP contribution in [0.1, 0.15) is 24.2 Å². The standard InChI is InChI=1S/C20H25IN2O3/c1-4-23(5-2)12-13-26-19-14-17(10-11-18(19)25-3)22-20(24)15-6-8-16(21)9-7-15/h6-11,14H,4-5,12-13H2,1-3H3,(H,22,24). The number of rotatable bonds is 9. The molecule has 0 fully saturated rings. The van der Waals surface area contributed by atoms with Gasteiger partial charge in [0.2, 0.25) is 0 Å². The van der Waals surface area contributed by atoms with E-state index in [9.17, 15) is 4.79 Å². The Bertz CT molecular complexity index is 715. The number of methoxy groups -OCH3 is 1. The highest BCUT2D eigenvalue weighted by Crippen LogP contribution is 2.30. The zero-order valence-corrected chi connectivity index (χ0v) is 17.6. The molecule has 1 amide bonds. The topological polar surface area (TPSA) is 50.8 Å². The van der Waals surface area contributed by atoms with E-state index in [-0.39, 0.29) is 5.91 Å². The lowest BCUT2D eigenvalue weighted by atomic mass is 10.2. The van der Waals surface area contributed by atoms with Crippen molar-refractivity contribution in [2.75, 3.05) is 38.7 Å². The fraction of sp³-hybridized carbons (Fsp3) is 0.350. The molecule has 0 unspecified atom stereocenters. The molecule has 6 heteroatoms. The van der Waals surface area contributed by atoms with Gasteiger partial charge >= 0.3 is 0 Å². The van der Waals surface area contributed by atoms with E-state index in [1.807, 2.05) is 24.3 Å². The number of hydrogen-bond donors (Lipinski definition) is 1. The quantitative estimate of drug-likeness (QED) is 0.559. The van der Waals surface area contributed by atoms with E-state index in [4.69, 9.17) is 9.47 Å². The van der Waals surface area contributed by atoms with Gasteiger partial charge in [0.15, 0.2) is 11.5 Å². The highest BCUT2D eigenvalue weighted by atomic mass is 127. The third-order valence-corrected chi connectivity index (χ3v) is 4.81. The molecular formula is C20H25IN2O3.